The number of carbonyl (C=O) groups excluding carboxylic acids is 1. The lowest BCUT2D eigenvalue weighted by Gasteiger charge is -2.28. The Balaban J connectivity index is 1.59. The second kappa shape index (κ2) is 12.3. The van der Waals surface area contributed by atoms with Gasteiger partial charge in [0.15, 0.2) is 6.29 Å². The van der Waals surface area contributed by atoms with Gasteiger partial charge in [0, 0.05) is 6.61 Å². The molecule has 3 rings (SSSR count). The highest BCUT2D eigenvalue weighted by atomic mass is 16.7. The first-order valence-corrected chi connectivity index (χ1v) is 10.5. The number of benzene rings is 2. The molecule has 0 radical (unpaired) electrons. The van der Waals surface area contributed by atoms with E-state index in [-0.39, 0.29) is 19.0 Å². The Labute approximate surface area is 178 Å². The maximum absolute atomic E-state index is 12.2. The molecule has 162 valence electrons. The molecule has 1 fully saturated rings. The minimum Gasteiger partial charge on any atom is -0.490 e. The quantitative estimate of drug-likeness (QED) is 0.509. The van der Waals surface area contributed by atoms with Crippen molar-refractivity contribution in [1.29, 1.82) is 0 Å². The van der Waals surface area contributed by atoms with Gasteiger partial charge in [0.1, 0.15) is 24.0 Å². The summed E-state index contributed by atoms with van der Waals surface area (Å²) >= 11 is 0. The molecular weight excluding hydrogens is 384 g/mol. The highest BCUT2D eigenvalue weighted by molar-refractivity contribution is 5.92. The molecule has 0 saturated carbocycles. The van der Waals surface area contributed by atoms with Crippen LogP contribution in [0.25, 0.3) is 0 Å². The summed E-state index contributed by atoms with van der Waals surface area (Å²) in [6.45, 7) is 3.88. The largest absolute Gasteiger partial charge is 0.490 e. The predicted octanol–water partition coefficient (Wildman–Crippen LogP) is 4.37. The van der Waals surface area contributed by atoms with Crippen molar-refractivity contribution in [3.63, 3.8) is 0 Å². The summed E-state index contributed by atoms with van der Waals surface area (Å²) in [5.74, 6) is 0.0682. The van der Waals surface area contributed by atoms with Gasteiger partial charge in [-0.25, -0.2) is 4.79 Å². The zero-order valence-corrected chi connectivity index (χ0v) is 17.5. The van der Waals surface area contributed by atoms with E-state index in [1.807, 2.05) is 36.4 Å². The molecule has 2 unspecified atom stereocenters. The normalized spacial score (nSPS) is 17.3. The summed E-state index contributed by atoms with van der Waals surface area (Å²) in [6, 6.07) is 17.0. The molecule has 1 saturated heterocycles. The summed E-state index contributed by atoms with van der Waals surface area (Å²) in [4.78, 5) is 12.2. The average Bonchev–Trinajstić information content (AvgIpc) is 2.79. The second-order valence-electron chi connectivity index (χ2n) is 7.08. The Morgan fingerprint density at radius 3 is 2.63 bits per heavy atom. The standard InChI is InChI=1S/C24H30O6/c1-2-27-24(25)21-12-6-7-13-22(21)29-18-20(30-23-14-8-9-15-28-23)17-26-16-19-10-4-3-5-11-19/h3-7,10-13,20,23H,2,8-9,14-18H2,1H3. The van der Waals surface area contributed by atoms with Crippen molar-refractivity contribution in [2.45, 2.75) is 45.2 Å². The van der Waals surface area contributed by atoms with Gasteiger partial charge in [-0.3, -0.25) is 0 Å². The van der Waals surface area contributed by atoms with Crippen LogP contribution in [0.2, 0.25) is 0 Å². The smallest absolute Gasteiger partial charge is 0.341 e. The molecule has 2 atom stereocenters. The lowest BCUT2D eigenvalue weighted by Crippen LogP contribution is -2.34. The monoisotopic (exact) mass is 414 g/mol. The first kappa shape index (κ1) is 22.3. The zero-order valence-electron chi connectivity index (χ0n) is 17.5. The molecule has 1 heterocycles. The molecule has 2 aromatic rings. The van der Waals surface area contributed by atoms with Crippen molar-refractivity contribution in [2.75, 3.05) is 26.4 Å². The summed E-state index contributed by atoms with van der Waals surface area (Å²) in [7, 11) is 0. The third-order valence-corrected chi connectivity index (χ3v) is 4.70. The molecule has 2 aromatic carbocycles. The maximum Gasteiger partial charge on any atom is 0.341 e. The van der Waals surface area contributed by atoms with Crippen molar-refractivity contribution in [3.05, 3.63) is 65.7 Å². The lowest BCUT2D eigenvalue weighted by molar-refractivity contribution is -0.203. The van der Waals surface area contributed by atoms with Gasteiger partial charge in [0.2, 0.25) is 0 Å². The topological polar surface area (TPSA) is 63.2 Å². The Morgan fingerprint density at radius 2 is 1.87 bits per heavy atom. The maximum atomic E-state index is 12.2. The molecule has 6 nitrogen and oxygen atoms in total. The van der Waals surface area contributed by atoms with Crippen LogP contribution in [0.15, 0.2) is 54.6 Å². The summed E-state index contributed by atoms with van der Waals surface area (Å²) in [6.07, 6.45) is 2.40. The SMILES string of the molecule is CCOC(=O)c1ccccc1OCC(COCc1ccccc1)OC1CCCCO1. The first-order chi connectivity index (χ1) is 14.8. The molecule has 0 spiro atoms. The molecule has 0 aromatic heterocycles. The van der Waals surface area contributed by atoms with Crippen LogP contribution < -0.4 is 4.74 Å². The Bertz CT molecular complexity index is 757. The molecule has 0 amide bonds. The number of carbonyl (C=O) groups is 1. The molecule has 1 aliphatic heterocycles. The van der Waals surface area contributed by atoms with Gasteiger partial charge in [0.25, 0.3) is 0 Å². The molecule has 0 N–H and O–H groups in total. The van der Waals surface area contributed by atoms with E-state index in [9.17, 15) is 4.79 Å². The van der Waals surface area contributed by atoms with E-state index in [0.29, 0.717) is 37.7 Å². The van der Waals surface area contributed by atoms with Crippen molar-refractivity contribution in [2.24, 2.45) is 0 Å². The van der Waals surface area contributed by atoms with E-state index in [4.69, 9.17) is 23.7 Å². The van der Waals surface area contributed by atoms with Crippen LogP contribution in [0, 0.1) is 0 Å². The summed E-state index contributed by atoms with van der Waals surface area (Å²) in [5, 5.41) is 0. The highest BCUT2D eigenvalue weighted by Gasteiger charge is 2.22. The number of ether oxygens (including phenoxy) is 5. The van der Waals surface area contributed by atoms with Gasteiger partial charge in [-0.1, -0.05) is 42.5 Å². The fraction of sp³-hybridized carbons (Fsp3) is 0.458. The van der Waals surface area contributed by atoms with Gasteiger partial charge in [-0.15, -0.1) is 0 Å². The highest BCUT2D eigenvalue weighted by Crippen LogP contribution is 2.21. The summed E-state index contributed by atoms with van der Waals surface area (Å²) in [5.41, 5.74) is 1.50. The van der Waals surface area contributed by atoms with Gasteiger partial charge in [0.05, 0.1) is 19.8 Å². The molecule has 0 bridgehead atoms. The Morgan fingerprint density at radius 1 is 1.07 bits per heavy atom. The van der Waals surface area contributed by atoms with Gasteiger partial charge in [-0.2, -0.15) is 0 Å². The van der Waals surface area contributed by atoms with E-state index < -0.39 is 5.97 Å². The van der Waals surface area contributed by atoms with Crippen LogP contribution in [0.3, 0.4) is 0 Å². The van der Waals surface area contributed by atoms with Crippen LogP contribution in [-0.4, -0.2) is 44.8 Å². The number of para-hydroxylation sites is 1. The third kappa shape index (κ3) is 7.13. The molecule has 30 heavy (non-hydrogen) atoms. The predicted molar refractivity (Wildman–Crippen MR) is 112 cm³/mol. The Kier molecular flexibility index (Phi) is 9.15. The van der Waals surface area contributed by atoms with E-state index in [1.165, 1.54) is 0 Å². The minimum atomic E-state index is -0.401. The molecule has 1 aliphatic rings. The van der Waals surface area contributed by atoms with Gasteiger partial charge >= 0.3 is 5.97 Å². The van der Waals surface area contributed by atoms with Crippen LogP contribution >= 0.6 is 0 Å². The Hall–Kier alpha value is -2.41. The van der Waals surface area contributed by atoms with Crippen LogP contribution in [0.4, 0.5) is 0 Å². The first-order valence-electron chi connectivity index (χ1n) is 10.5. The summed E-state index contributed by atoms with van der Waals surface area (Å²) < 4.78 is 28.8. The van der Waals surface area contributed by atoms with Gasteiger partial charge < -0.3 is 23.7 Å². The number of esters is 1. The fourth-order valence-corrected chi connectivity index (χ4v) is 3.20. The van der Waals surface area contributed by atoms with Crippen LogP contribution in [0.5, 0.6) is 5.75 Å². The molecular formula is C24H30O6. The number of hydrogen-bond donors (Lipinski definition) is 0. The van der Waals surface area contributed by atoms with Gasteiger partial charge in [-0.05, 0) is 43.9 Å². The minimum absolute atomic E-state index is 0.241. The molecule has 6 heteroatoms. The van der Waals surface area contributed by atoms with Crippen molar-refractivity contribution < 1.29 is 28.5 Å². The van der Waals surface area contributed by atoms with E-state index >= 15 is 0 Å². The fourth-order valence-electron chi connectivity index (χ4n) is 3.20. The van der Waals surface area contributed by atoms with Crippen LogP contribution in [-0.2, 0) is 25.6 Å². The van der Waals surface area contributed by atoms with E-state index in [2.05, 4.69) is 0 Å². The van der Waals surface area contributed by atoms with Crippen molar-refractivity contribution in [1.82, 2.24) is 0 Å². The zero-order chi connectivity index (χ0) is 21.0. The van der Waals surface area contributed by atoms with E-state index in [0.717, 1.165) is 24.8 Å². The van der Waals surface area contributed by atoms with Crippen molar-refractivity contribution >= 4 is 5.97 Å². The van der Waals surface area contributed by atoms with E-state index in [1.54, 1.807) is 25.1 Å². The second-order valence-corrected chi connectivity index (χ2v) is 7.08. The van der Waals surface area contributed by atoms with Crippen molar-refractivity contribution in [3.8, 4) is 5.75 Å². The lowest BCUT2D eigenvalue weighted by atomic mass is 10.2. The van der Waals surface area contributed by atoms with Crippen LogP contribution in [0.1, 0.15) is 42.1 Å². The molecule has 0 aliphatic carbocycles. The number of hydrogen-bond acceptors (Lipinski definition) is 6. The number of rotatable bonds is 11. The third-order valence-electron chi connectivity index (χ3n) is 4.70. The average molecular weight is 414 g/mol.